The van der Waals surface area contributed by atoms with Gasteiger partial charge in [-0.2, -0.15) is 5.26 Å². The second-order valence-corrected chi connectivity index (χ2v) is 6.97. The van der Waals surface area contributed by atoms with Crippen molar-refractivity contribution >= 4 is 29.3 Å². The van der Waals surface area contributed by atoms with Crippen LogP contribution < -0.4 is 9.64 Å². The molecule has 0 atom stereocenters. The molecule has 1 fully saturated rings. The van der Waals surface area contributed by atoms with Gasteiger partial charge in [-0.1, -0.05) is 29.8 Å². The molecule has 1 N–H and O–H groups in total. The first-order valence-corrected chi connectivity index (χ1v) is 9.77. The molecule has 0 spiro atoms. The van der Waals surface area contributed by atoms with Crippen molar-refractivity contribution in [2.75, 3.05) is 37.7 Å². The number of para-hydroxylation sites is 1. The summed E-state index contributed by atoms with van der Waals surface area (Å²) in [6, 6.07) is 15.1. The van der Waals surface area contributed by atoms with Crippen molar-refractivity contribution in [1.82, 2.24) is 4.90 Å². The monoisotopic (exact) mass is 411 g/mol. The van der Waals surface area contributed by atoms with Crippen molar-refractivity contribution in [1.29, 1.82) is 5.26 Å². The molecule has 0 aliphatic carbocycles. The van der Waals surface area contributed by atoms with Gasteiger partial charge in [-0.05, 0) is 42.8 Å². The first-order valence-electron chi connectivity index (χ1n) is 9.40. The van der Waals surface area contributed by atoms with Crippen LogP contribution in [0.2, 0.25) is 5.02 Å². The third-order valence-electron chi connectivity index (χ3n) is 4.70. The highest BCUT2D eigenvalue weighted by atomic mass is 35.5. The van der Waals surface area contributed by atoms with E-state index in [2.05, 4.69) is 4.90 Å². The molecule has 0 aromatic heterocycles. The highest BCUT2D eigenvalue weighted by Gasteiger charge is 2.24. The van der Waals surface area contributed by atoms with E-state index in [4.69, 9.17) is 16.3 Å². The Bertz CT molecular complexity index is 946. The Kier molecular flexibility index (Phi) is 6.63. The van der Waals surface area contributed by atoms with Gasteiger partial charge in [0.05, 0.1) is 11.6 Å². The number of piperazine rings is 1. The number of halogens is 1. The highest BCUT2D eigenvalue weighted by Crippen LogP contribution is 2.36. The quantitative estimate of drug-likeness (QED) is 0.599. The van der Waals surface area contributed by atoms with Crippen molar-refractivity contribution in [3.63, 3.8) is 0 Å². The van der Waals surface area contributed by atoms with Crippen LogP contribution in [-0.4, -0.2) is 48.7 Å². The largest absolute Gasteiger partial charge is 0.503 e. The number of benzene rings is 2. The molecule has 1 aliphatic heterocycles. The maximum atomic E-state index is 12.8. The van der Waals surface area contributed by atoms with Crippen LogP contribution in [0.15, 0.2) is 48.0 Å². The predicted octanol–water partition coefficient (Wildman–Crippen LogP) is 3.70. The molecule has 3 rings (SSSR count). The fraction of sp³-hybridized carbons (Fsp3) is 0.273. The summed E-state index contributed by atoms with van der Waals surface area (Å²) >= 11 is 6.04. The van der Waals surface area contributed by atoms with E-state index in [1.165, 1.54) is 12.1 Å². The molecule has 2 aromatic carbocycles. The number of nitrogens with zero attached hydrogens (tertiary/aromatic N) is 3. The maximum absolute atomic E-state index is 12.8. The Morgan fingerprint density at radius 2 is 1.93 bits per heavy atom. The van der Waals surface area contributed by atoms with Crippen molar-refractivity contribution in [3.05, 3.63) is 58.6 Å². The van der Waals surface area contributed by atoms with Gasteiger partial charge in [0.15, 0.2) is 11.5 Å². The molecule has 6 nitrogen and oxygen atoms in total. The van der Waals surface area contributed by atoms with Crippen LogP contribution in [0.5, 0.6) is 11.5 Å². The lowest BCUT2D eigenvalue weighted by Gasteiger charge is -2.36. The van der Waals surface area contributed by atoms with Gasteiger partial charge in [-0.3, -0.25) is 4.79 Å². The van der Waals surface area contributed by atoms with Crippen LogP contribution >= 0.6 is 11.6 Å². The zero-order valence-corrected chi connectivity index (χ0v) is 16.9. The third-order valence-corrected chi connectivity index (χ3v) is 4.99. The zero-order chi connectivity index (χ0) is 20.8. The second kappa shape index (κ2) is 9.35. The van der Waals surface area contributed by atoms with E-state index in [9.17, 15) is 15.2 Å². The number of aromatic hydroxyl groups is 1. The van der Waals surface area contributed by atoms with Gasteiger partial charge in [0.2, 0.25) is 0 Å². The molecule has 0 radical (unpaired) electrons. The Morgan fingerprint density at radius 3 is 2.55 bits per heavy atom. The number of hydrogen-bond donors (Lipinski definition) is 1. The first-order chi connectivity index (χ1) is 14.0. The SMILES string of the molecule is CCOc1cc(C=C(C#N)C(=O)N2CCN(c3ccccc3)CC2)cc(Cl)c1O. The standard InChI is InChI=1S/C22H22ClN3O3/c1-2-29-20-14-16(13-19(23)21(20)27)12-17(15-24)22(28)26-10-8-25(9-11-26)18-6-4-3-5-7-18/h3-7,12-14,27H,2,8-11H2,1H3. The van der Waals surface area contributed by atoms with Gasteiger partial charge >= 0.3 is 0 Å². The van der Waals surface area contributed by atoms with Crippen molar-refractivity contribution < 1.29 is 14.6 Å². The number of phenolic OH excluding ortho intramolecular Hbond substituents is 1. The number of carbonyl (C=O) groups excluding carboxylic acids is 1. The number of ether oxygens (including phenoxy) is 1. The molecule has 1 amide bonds. The zero-order valence-electron chi connectivity index (χ0n) is 16.1. The van der Waals surface area contributed by atoms with E-state index in [1.54, 1.807) is 17.9 Å². The predicted molar refractivity (Wildman–Crippen MR) is 113 cm³/mol. The summed E-state index contributed by atoms with van der Waals surface area (Å²) in [6.45, 7) is 4.62. The lowest BCUT2D eigenvalue weighted by molar-refractivity contribution is -0.126. The minimum atomic E-state index is -0.317. The van der Waals surface area contributed by atoms with E-state index < -0.39 is 0 Å². The molecular weight excluding hydrogens is 390 g/mol. The Balaban J connectivity index is 1.74. The lowest BCUT2D eigenvalue weighted by Crippen LogP contribution is -2.49. The number of anilines is 1. The smallest absolute Gasteiger partial charge is 0.264 e. The van der Waals surface area contributed by atoms with E-state index in [0.717, 1.165) is 5.69 Å². The van der Waals surface area contributed by atoms with E-state index >= 15 is 0 Å². The van der Waals surface area contributed by atoms with Gasteiger partial charge in [0.25, 0.3) is 5.91 Å². The molecule has 0 unspecified atom stereocenters. The molecule has 2 aromatic rings. The molecule has 0 saturated carbocycles. The Hall–Kier alpha value is -3.17. The number of carbonyl (C=O) groups is 1. The molecule has 7 heteroatoms. The average Bonchev–Trinajstić information content (AvgIpc) is 2.76. The van der Waals surface area contributed by atoms with Crippen molar-refractivity contribution in [2.24, 2.45) is 0 Å². The summed E-state index contributed by atoms with van der Waals surface area (Å²) in [5.74, 6) is -0.262. The number of phenols is 1. The number of rotatable bonds is 5. The summed E-state index contributed by atoms with van der Waals surface area (Å²) < 4.78 is 5.36. The van der Waals surface area contributed by atoms with Gasteiger partial charge in [-0.15, -0.1) is 0 Å². The van der Waals surface area contributed by atoms with E-state index in [1.807, 2.05) is 36.4 Å². The average molecular weight is 412 g/mol. The fourth-order valence-electron chi connectivity index (χ4n) is 3.23. The fourth-order valence-corrected chi connectivity index (χ4v) is 3.45. The van der Waals surface area contributed by atoms with Crippen LogP contribution in [0.4, 0.5) is 5.69 Å². The number of hydrogen-bond acceptors (Lipinski definition) is 5. The normalized spacial score (nSPS) is 14.4. The van der Waals surface area contributed by atoms with E-state index in [0.29, 0.717) is 38.3 Å². The molecule has 0 bridgehead atoms. The summed E-state index contributed by atoms with van der Waals surface area (Å²) in [4.78, 5) is 16.7. The molecule has 150 valence electrons. The Labute approximate surface area is 175 Å². The van der Waals surface area contributed by atoms with Gasteiger partial charge < -0.3 is 19.6 Å². The lowest BCUT2D eigenvalue weighted by atomic mass is 10.1. The topological polar surface area (TPSA) is 76.8 Å². The second-order valence-electron chi connectivity index (χ2n) is 6.57. The van der Waals surface area contributed by atoms with Crippen LogP contribution in [0.25, 0.3) is 6.08 Å². The molecule has 1 saturated heterocycles. The number of amides is 1. The molecule has 1 aliphatic rings. The highest BCUT2D eigenvalue weighted by molar-refractivity contribution is 6.32. The summed E-state index contributed by atoms with van der Waals surface area (Å²) in [7, 11) is 0. The summed E-state index contributed by atoms with van der Waals surface area (Å²) in [5, 5.41) is 19.6. The minimum Gasteiger partial charge on any atom is -0.503 e. The number of nitriles is 1. The Morgan fingerprint density at radius 1 is 1.24 bits per heavy atom. The van der Waals surface area contributed by atoms with Crippen molar-refractivity contribution in [3.8, 4) is 17.6 Å². The molecule has 29 heavy (non-hydrogen) atoms. The maximum Gasteiger partial charge on any atom is 0.264 e. The molecular formula is C22H22ClN3O3. The van der Waals surface area contributed by atoms with E-state index in [-0.39, 0.29) is 28.0 Å². The van der Waals surface area contributed by atoms with Crippen LogP contribution in [0.3, 0.4) is 0 Å². The van der Waals surface area contributed by atoms with Gasteiger partial charge in [-0.25, -0.2) is 0 Å². The van der Waals surface area contributed by atoms with Crippen LogP contribution in [0, 0.1) is 11.3 Å². The van der Waals surface area contributed by atoms with Crippen LogP contribution in [0.1, 0.15) is 12.5 Å². The molecule has 1 heterocycles. The minimum absolute atomic E-state index is 0.0161. The van der Waals surface area contributed by atoms with Gasteiger partial charge in [0.1, 0.15) is 11.6 Å². The van der Waals surface area contributed by atoms with Crippen LogP contribution in [-0.2, 0) is 4.79 Å². The first kappa shape index (κ1) is 20.6. The third kappa shape index (κ3) is 4.82. The van der Waals surface area contributed by atoms with Crippen molar-refractivity contribution in [2.45, 2.75) is 6.92 Å². The van der Waals surface area contributed by atoms with Gasteiger partial charge in [0, 0.05) is 31.9 Å². The summed E-state index contributed by atoms with van der Waals surface area (Å²) in [5.41, 5.74) is 1.66. The summed E-state index contributed by atoms with van der Waals surface area (Å²) in [6.07, 6.45) is 1.47.